The van der Waals surface area contributed by atoms with Gasteiger partial charge in [0.25, 0.3) is 0 Å². The number of benzene rings is 1. The van der Waals surface area contributed by atoms with Crippen LogP contribution in [0, 0.1) is 0 Å². The second-order valence-corrected chi connectivity index (χ2v) is 5.17. The van der Waals surface area contributed by atoms with Crippen LogP contribution in [0.1, 0.15) is 5.56 Å². The van der Waals surface area contributed by atoms with Crippen molar-refractivity contribution in [2.75, 3.05) is 5.73 Å². The lowest BCUT2D eigenvalue weighted by atomic mass is 10.2. The van der Waals surface area contributed by atoms with Gasteiger partial charge in [-0.25, -0.2) is 4.98 Å². The SMILES string of the molecule is Nc1cccnc1-c1nc2cc(C(F)(F)F)ccc2s1. The lowest BCUT2D eigenvalue weighted by Crippen LogP contribution is -2.03. The molecule has 1 aromatic carbocycles. The molecule has 20 heavy (non-hydrogen) atoms. The molecule has 0 spiro atoms. The van der Waals surface area contributed by atoms with E-state index < -0.39 is 11.7 Å². The second-order valence-electron chi connectivity index (χ2n) is 4.14. The minimum Gasteiger partial charge on any atom is -0.397 e. The Morgan fingerprint density at radius 2 is 1.95 bits per heavy atom. The number of nitrogen functional groups attached to an aromatic ring is 1. The predicted molar refractivity (Wildman–Crippen MR) is 72.3 cm³/mol. The number of aromatic nitrogens is 2. The molecule has 2 aromatic heterocycles. The van der Waals surface area contributed by atoms with Crippen LogP contribution in [0.4, 0.5) is 18.9 Å². The van der Waals surface area contributed by atoms with Crippen molar-refractivity contribution in [3.05, 3.63) is 42.1 Å². The fraction of sp³-hybridized carbons (Fsp3) is 0.0769. The molecule has 2 N–H and O–H groups in total. The molecule has 0 fully saturated rings. The molecule has 0 aliphatic carbocycles. The van der Waals surface area contributed by atoms with Gasteiger partial charge in [0.1, 0.15) is 10.7 Å². The van der Waals surface area contributed by atoms with E-state index in [0.717, 1.165) is 12.1 Å². The van der Waals surface area contributed by atoms with Crippen molar-refractivity contribution in [3.8, 4) is 10.7 Å². The maximum atomic E-state index is 12.7. The van der Waals surface area contributed by atoms with Gasteiger partial charge in [0.05, 0.1) is 21.5 Å². The average molecular weight is 295 g/mol. The number of halogens is 3. The number of thiazole rings is 1. The number of rotatable bonds is 1. The third-order valence-electron chi connectivity index (χ3n) is 2.76. The Morgan fingerprint density at radius 3 is 2.65 bits per heavy atom. The first kappa shape index (κ1) is 12.9. The molecular formula is C13H8F3N3S. The lowest BCUT2D eigenvalue weighted by Gasteiger charge is -2.04. The lowest BCUT2D eigenvalue weighted by molar-refractivity contribution is -0.137. The van der Waals surface area contributed by atoms with Crippen LogP contribution in [-0.2, 0) is 6.18 Å². The van der Waals surface area contributed by atoms with Gasteiger partial charge in [-0.05, 0) is 30.3 Å². The standard InChI is InChI=1S/C13H8F3N3S/c14-13(15,16)7-3-4-10-9(6-7)19-12(20-10)11-8(17)2-1-5-18-11/h1-6H,17H2. The summed E-state index contributed by atoms with van der Waals surface area (Å²) in [7, 11) is 0. The van der Waals surface area contributed by atoms with Crippen LogP contribution in [-0.4, -0.2) is 9.97 Å². The van der Waals surface area contributed by atoms with Crippen LogP contribution in [0.2, 0.25) is 0 Å². The van der Waals surface area contributed by atoms with E-state index in [1.165, 1.54) is 17.4 Å². The molecule has 0 unspecified atom stereocenters. The largest absolute Gasteiger partial charge is 0.416 e. The van der Waals surface area contributed by atoms with Gasteiger partial charge in [-0.1, -0.05) is 0 Å². The van der Waals surface area contributed by atoms with Crippen molar-refractivity contribution >= 4 is 27.2 Å². The monoisotopic (exact) mass is 295 g/mol. The van der Waals surface area contributed by atoms with E-state index >= 15 is 0 Å². The summed E-state index contributed by atoms with van der Waals surface area (Å²) in [6.45, 7) is 0. The molecular weight excluding hydrogens is 287 g/mol. The summed E-state index contributed by atoms with van der Waals surface area (Å²) >= 11 is 1.26. The van der Waals surface area contributed by atoms with Gasteiger partial charge in [-0.3, -0.25) is 4.98 Å². The Morgan fingerprint density at radius 1 is 1.15 bits per heavy atom. The minimum absolute atomic E-state index is 0.296. The second kappa shape index (κ2) is 4.45. The third-order valence-corrected chi connectivity index (χ3v) is 3.80. The molecule has 0 aliphatic rings. The first-order valence-corrected chi connectivity index (χ1v) is 6.45. The zero-order valence-corrected chi connectivity index (χ0v) is 10.8. The molecule has 0 amide bonds. The highest BCUT2D eigenvalue weighted by Crippen LogP contribution is 2.35. The molecule has 102 valence electrons. The van der Waals surface area contributed by atoms with E-state index in [-0.39, 0.29) is 0 Å². The van der Waals surface area contributed by atoms with Crippen LogP contribution >= 0.6 is 11.3 Å². The maximum Gasteiger partial charge on any atom is 0.416 e. The Bertz CT molecular complexity index is 780. The first-order chi connectivity index (χ1) is 9.45. The van der Waals surface area contributed by atoms with E-state index in [1.807, 2.05) is 0 Å². The Hall–Kier alpha value is -2.15. The zero-order valence-electron chi connectivity index (χ0n) is 9.98. The van der Waals surface area contributed by atoms with E-state index in [9.17, 15) is 13.2 Å². The summed E-state index contributed by atoms with van der Waals surface area (Å²) in [6.07, 6.45) is -2.80. The molecule has 0 atom stereocenters. The molecule has 0 saturated heterocycles. The van der Waals surface area contributed by atoms with Gasteiger partial charge >= 0.3 is 6.18 Å². The highest BCUT2D eigenvalue weighted by molar-refractivity contribution is 7.21. The molecule has 0 bridgehead atoms. The van der Waals surface area contributed by atoms with Crippen molar-refractivity contribution in [1.29, 1.82) is 0 Å². The van der Waals surface area contributed by atoms with Crippen LogP contribution in [0.3, 0.4) is 0 Å². The van der Waals surface area contributed by atoms with Crippen LogP contribution in [0.5, 0.6) is 0 Å². The van der Waals surface area contributed by atoms with Gasteiger partial charge in [-0.15, -0.1) is 11.3 Å². The van der Waals surface area contributed by atoms with Crippen LogP contribution < -0.4 is 5.73 Å². The van der Waals surface area contributed by atoms with Gasteiger partial charge in [-0.2, -0.15) is 13.2 Å². The molecule has 3 nitrogen and oxygen atoms in total. The Kier molecular flexibility index (Phi) is 2.86. The highest BCUT2D eigenvalue weighted by Gasteiger charge is 2.30. The van der Waals surface area contributed by atoms with Crippen molar-refractivity contribution < 1.29 is 13.2 Å². The third kappa shape index (κ3) is 2.20. The van der Waals surface area contributed by atoms with Crippen molar-refractivity contribution in [2.45, 2.75) is 6.18 Å². The normalized spacial score (nSPS) is 11.9. The summed E-state index contributed by atoms with van der Waals surface area (Å²) in [5.74, 6) is 0. The van der Waals surface area contributed by atoms with Crippen molar-refractivity contribution in [2.24, 2.45) is 0 Å². The van der Waals surface area contributed by atoms with Crippen LogP contribution in [0.15, 0.2) is 36.5 Å². The summed E-state index contributed by atoms with van der Waals surface area (Å²) in [5.41, 5.74) is 6.32. The molecule has 0 aliphatic heterocycles. The Balaban J connectivity index is 2.14. The number of alkyl halides is 3. The fourth-order valence-electron chi connectivity index (χ4n) is 1.80. The van der Waals surface area contributed by atoms with Gasteiger partial charge in [0, 0.05) is 6.20 Å². The number of nitrogens with zero attached hydrogens (tertiary/aromatic N) is 2. The molecule has 0 saturated carbocycles. The van der Waals surface area contributed by atoms with Gasteiger partial charge < -0.3 is 5.73 Å². The molecule has 0 radical (unpaired) electrons. The summed E-state index contributed by atoms with van der Waals surface area (Å²) in [5, 5.41) is 0.512. The minimum atomic E-state index is -4.37. The topological polar surface area (TPSA) is 51.8 Å². The number of hydrogen-bond donors (Lipinski definition) is 1. The fourth-order valence-corrected chi connectivity index (χ4v) is 2.77. The zero-order chi connectivity index (χ0) is 14.3. The predicted octanol–water partition coefficient (Wildman–Crippen LogP) is 3.96. The highest BCUT2D eigenvalue weighted by atomic mass is 32.1. The van der Waals surface area contributed by atoms with Gasteiger partial charge in [0.15, 0.2) is 0 Å². The average Bonchev–Trinajstić information content (AvgIpc) is 2.80. The summed E-state index contributed by atoms with van der Waals surface area (Å²) in [4.78, 5) is 8.31. The maximum absolute atomic E-state index is 12.7. The Labute approximate surface area is 115 Å². The smallest absolute Gasteiger partial charge is 0.397 e. The summed E-state index contributed by atoms with van der Waals surface area (Å²) in [6, 6.07) is 6.86. The number of nitrogens with two attached hydrogens (primary N) is 1. The molecule has 2 heterocycles. The van der Waals surface area contributed by atoms with Gasteiger partial charge in [0.2, 0.25) is 0 Å². The van der Waals surface area contributed by atoms with E-state index in [0.29, 0.717) is 26.6 Å². The first-order valence-electron chi connectivity index (χ1n) is 5.64. The van der Waals surface area contributed by atoms with E-state index in [4.69, 9.17) is 5.73 Å². The van der Waals surface area contributed by atoms with Crippen molar-refractivity contribution in [1.82, 2.24) is 9.97 Å². The van der Waals surface area contributed by atoms with Crippen molar-refractivity contribution in [3.63, 3.8) is 0 Å². The van der Waals surface area contributed by atoms with Crippen LogP contribution in [0.25, 0.3) is 20.9 Å². The number of hydrogen-bond acceptors (Lipinski definition) is 4. The summed E-state index contributed by atoms with van der Waals surface area (Å²) < 4.78 is 38.6. The molecule has 3 rings (SSSR count). The number of fused-ring (bicyclic) bond motifs is 1. The molecule has 3 aromatic rings. The number of pyridine rings is 1. The quantitative estimate of drug-likeness (QED) is 0.739. The van der Waals surface area contributed by atoms with E-state index in [1.54, 1.807) is 18.3 Å². The number of anilines is 1. The van der Waals surface area contributed by atoms with E-state index in [2.05, 4.69) is 9.97 Å². The molecule has 7 heteroatoms.